The third kappa shape index (κ3) is 5.30. The fraction of sp³-hybridized carbons (Fsp3) is 0.600. The number of hydrogen-bond donors (Lipinski definition) is 1. The summed E-state index contributed by atoms with van der Waals surface area (Å²) in [5.74, 6) is 0.360. The van der Waals surface area contributed by atoms with Crippen LogP contribution in [0.1, 0.15) is 37.8 Å². The van der Waals surface area contributed by atoms with E-state index < -0.39 is 0 Å². The van der Waals surface area contributed by atoms with Crippen molar-refractivity contribution in [2.75, 3.05) is 38.0 Å². The van der Waals surface area contributed by atoms with Crippen molar-refractivity contribution in [1.82, 2.24) is 9.80 Å². The van der Waals surface area contributed by atoms with Crippen LogP contribution in [0.4, 0.5) is 5.69 Å². The zero-order valence-corrected chi connectivity index (χ0v) is 16.0. The number of carbonyl (C=O) groups is 2. The number of amides is 2. The van der Waals surface area contributed by atoms with Crippen LogP contribution < -0.4 is 5.32 Å². The van der Waals surface area contributed by atoms with Crippen LogP contribution in [0.3, 0.4) is 0 Å². The second kappa shape index (κ2) is 8.99. The Labute approximate surface area is 151 Å². The molecule has 1 atom stereocenters. The van der Waals surface area contributed by atoms with Gasteiger partial charge in [-0.1, -0.05) is 32.4 Å². The first-order valence-electron chi connectivity index (χ1n) is 9.29. The number of piperazine rings is 1. The van der Waals surface area contributed by atoms with E-state index in [1.807, 2.05) is 43.9 Å². The summed E-state index contributed by atoms with van der Waals surface area (Å²) in [5.41, 5.74) is 3.16. The van der Waals surface area contributed by atoms with E-state index in [2.05, 4.69) is 17.1 Å². The Bertz CT molecular complexity index is 607. The molecule has 5 nitrogen and oxygen atoms in total. The molecule has 1 N–H and O–H groups in total. The van der Waals surface area contributed by atoms with E-state index in [-0.39, 0.29) is 17.7 Å². The second-order valence-electron chi connectivity index (χ2n) is 7.09. The summed E-state index contributed by atoms with van der Waals surface area (Å²) in [6, 6.07) is 5.94. The molecule has 25 heavy (non-hydrogen) atoms. The Balaban J connectivity index is 1.80. The van der Waals surface area contributed by atoms with Gasteiger partial charge in [-0.25, -0.2) is 0 Å². The molecule has 1 aromatic rings. The predicted octanol–water partition coefficient (Wildman–Crippen LogP) is 2.82. The van der Waals surface area contributed by atoms with Crippen LogP contribution in [0.15, 0.2) is 18.2 Å². The van der Waals surface area contributed by atoms with Crippen LogP contribution in [-0.4, -0.2) is 54.3 Å². The molecule has 1 aromatic carbocycles. The standard InChI is InChI=1S/C20H31N3O2/c1-5-7-16(3)20(25)23-12-10-22(11-13-23)14-19(24)21-18-9-6-8-15(2)17(18)4/h6,8-9,16H,5,7,10-14H2,1-4H3,(H,21,24). The number of nitrogens with one attached hydrogen (secondary N) is 1. The van der Waals surface area contributed by atoms with Gasteiger partial charge in [-0.05, 0) is 37.5 Å². The summed E-state index contributed by atoms with van der Waals surface area (Å²) in [7, 11) is 0. The minimum absolute atomic E-state index is 0.00725. The summed E-state index contributed by atoms with van der Waals surface area (Å²) in [6.45, 7) is 11.5. The maximum Gasteiger partial charge on any atom is 0.238 e. The lowest BCUT2D eigenvalue weighted by atomic mass is 10.0. The molecule has 1 saturated heterocycles. The third-order valence-electron chi connectivity index (χ3n) is 5.07. The summed E-state index contributed by atoms with van der Waals surface area (Å²) < 4.78 is 0. The zero-order valence-electron chi connectivity index (χ0n) is 16.0. The topological polar surface area (TPSA) is 52.7 Å². The van der Waals surface area contributed by atoms with Gasteiger partial charge in [0, 0.05) is 37.8 Å². The van der Waals surface area contributed by atoms with Gasteiger partial charge in [-0.15, -0.1) is 0 Å². The number of benzene rings is 1. The first kappa shape index (κ1) is 19.4. The van der Waals surface area contributed by atoms with Crippen molar-refractivity contribution in [3.8, 4) is 0 Å². The Morgan fingerprint density at radius 3 is 2.48 bits per heavy atom. The maximum absolute atomic E-state index is 12.4. The lowest BCUT2D eigenvalue weighted by Crippen LogP contribution is -2.51. The van der Waals surface area contributed by atoms with Crippen molar-refractivity contribution in [3.63, 3.8) is 0 Å². The third-order valence-corrected chi connectivity index (χ3v) is 5.07. The fourth-order valence-corrected chi connectivity index (χ4v) is 3.27. The van der Waals surface area contributed by atoms with Crippen LogP contribution >= 0.6 is 0 Å². The summed E-state index contributed by atoms with van der Waals surface area (Å²) >= 11 is 0. The Morgan fingerprint density at radius 2 is 1.84 bits per heavy atom. The SMILES string of the molecule is CCCC(C)C(=O)N1CCN(CC(=O)Nc2cccc(C)c2C)CC1. The van der Waals surface area contributed by atoms with Crippen LogP contribution in [0.25, 0.3) is 0 Å². The molecule has 1 heterocycles. The van der Waals surface area contributed by atoms with Crippen molar-refractivity contribution in [2.45, 2.75) is 40.5 Å². The molecule has 1 fully saturated rings. The van der Waals surface area contributed by atoms with Crippen molar-refractivity contribution in [3.05, 3.63) is 29.3 Å². The first-order chi connectivity index (χ1) is 11.9. The molecule has 0 aliphatic carbocycles. The van der Waals surface area contributed by atoms with E-state index >= 15 is 0 Å². The van der Waals surface area contributed by atoms with E-state index in [0.29, 0.717) is 19.6 Å². The molecule has 0 saturated carbocycles. The van der Waals surface area contributed by atoms with Gasteiger partial charge in [0.05, 0.1) is 6.54 Å². The van der Waals surface area contributed by atoms with E-state index in [4.69, 9.17) is 0 Å². The van der Waals surface area contributed by atoms with Gasteiger partial charge >= 0.3 is 0 Å². The quantitative estimate of drug-likeness (QED) is 0.862. The van der Waals surface area contributed by atoms with Gasteiger partial charge < -0.3 is 10.2 Å². The van der Waals surface area contributed by atoms with Gasteiger partial charge in [0.25, 0.3) is 0 Å². The Kier molecular flexibility index (Phi) is 7.00. The largest absolute Gasteiger partial charge is 0.340 e. The number of hydrogen-bond acceptors (Lipinski definition) is 3. The van der Waals surface area contributed by atoms with Gasteiger partial charge in [-0.2, -0.15) is 0 Å². The Morgan fingerprint density at radius 1 is 1.16 bits per heavy atom. The molecule has 2 rings (SSSR count). The average Bonchev–Trinajstić information content (AvgIpc) is 2.59. The number of carbonyl (C=O) groups excluding carboxylic acids is 2. The van der Waals surface area contributed by atoms with Crippen LogP contribution in [-0.2, 0) is 9.59 Å². The molecule has 1 aliphatic heterocycles. The maximum atomic E-state index is 12.4. The van der Waals surface area contributed by atoms with Gasteiger partial charge in [0.2, 0.25) is 11.8 Å². The highest BCUT2D eigenvalue weighted by molar-refractivity contribution is 5.93. The molecular weight excluding hydrogens is 314 g/mol. The number of anilines is 1. The minimum atomic E-state index is 0.00725. The molecule has 2 amide bonds. The Hall–Kier alpha value is -1.88. The average molecular weight is 345 g/mol. The second-order valence-corrected chi connectivity index (χ2v) is 7.09. The van der Waals surface area contributed by atoms with Crippen LogP contribution in [0.5, 0.6) is 0 Å². The van der Waals surface area contributed by atoms with E-state index in [9.17, 15) is 9.59 Å². The molecule has 0 spiro atoms. The molecule has 0 aromatic heterocycles. The lowest BCUT2D eigenvalue weighted by molar-refractivity contribution is -0.137. The smallest absolute Gasteiger partial charge is 0.238 e. The van der Waals surface area contributed by atoms with Crippen molar-refractivity contribution < 1.29 is 9.59 Å². The highest BCUT2D eigenvalue weighted by Crippen LogP contribution is 2.18. The van der Waals surface area contributed by atoms with E-state index in [0.717, 1.165) is 37.2 Å². The number of rotatable bonds is 6. The summed E-state index contributed by atoms with van der Waals surface area (Å²) in [6.07, 6.45) is 1.97. The van der Waals surface area contributed by atoms with Crippen molar-refractivity contribution in [1.29, 1.82) is 0 Å². The molecule has 1 aliphatic rings. The van der Waals surface area contributed by atoms with E-state index in [1.54, 1.807) is 0 Å². The molecule has 1 unspecified atom stereocenters. The van der Waals surface area contributed by atoms with Crippen molar-refractivity contribution in [2.24, 2.45) is 5.92 Å². The number of aryl methyl sites for hydroxylation is 1. The van der Waals surface area contributed by atoms with Crippen molar-refractivity contribution >= 4 is 17.5 Å². The fourth-order valence-electron chi connectivity index (χ4n) is 3.27. The van der Waals surface area contributed by atoms with Gasteiger partial charge in [-0.3, -0.25) is 14.5 Å². The van der Waals surface area contributed by atoms with Gasteiger partial charge in [0.1, 0.15) is 0 Å². The molecule has 0 bridgehead atoms. The first-order valence-corrected chi connectivity index (χ1v) is 9.29. The van der Waals surface area contributed by atoms with E-state index in [1.165, 1.54) is 5.56 Å². The molecular formula is C20H31N3O2. The molecule has 0 radical (unpaired) electrons. The monoisotopic (exact) mass is 345 g/mol. The lowest BCUT2D eigenvalue weighted by Gasteiger charge is -2.35. The predicted molar refractivity (Wildman–Crippen MR) is 102 cm³/mol. The zero-order chi connectivity index (χ0) is 18.4. The van der Waals surface area contributed by atoms with Gasteiger partial charge in [0.15, 0.2) is 0 Å². The highest BCUT2D eigenvalue weighted by atomic mass is 16.2. The highest BCUT2D eigenvalue weighted by Gasteiger charge is 2.25. The van der Waals surface area contributed by atoms with Crippen LogP contribution in [0.2, 0.25) is 0 Å². The summed E-state index contributed by atoms with van der Waals surface area (Å²) in [5, 5.41) is 3.01. The normalized spacial score (nSPS) is 16.6. The minimum Gasteiger partial charge on any atom is -0.340 e. The molecule has 5 heteroatoms. The molecule has 138 valence electrons. The summed E-state index contributed by atoms with van der Waals surface area (Å²) in [4.78, 5) is 28.7. The van der Waals surface area contributed by atoms with Crippen LogP contribution in [0, 0.1) is 19.8 Å². The number of nitrogens with zero attached hydrogens (tertiary/aromatic N) is 2.